The van der Waals surface area contributed by atoms with Gasteiger partial charge >= 0.3 is 0 Å². The van der Waals surface area contributed by atoms with E-state index < -0.39 is 0 Å². The van der Waals surface area contributed by atoms with E-state index >= 15 is 0 Å². The van der Waals surface area contributed by atoms with Gasteiger partial charge in [0.25, 0.3) is 0 Å². The molecule has 2 aromatic heterocycles. The summed E-state index contributed by atoms with van der Waals surface area (Å²) in [5.74, 6) is 1.86. The molecule has 0 bridgehead atoms. The summed E-state index contributed by atoms with van der Waals surface area (Å²) >= 11 is 0. The van der Waals surface area contributed by atoms with Crippen molar-refractivity contribution < 1.29 is 0 Å². The highest BCUT2D eigenvalue weighted by atomic mass is 15.0. The van der Waals surface area contributed by atoms with Crippen LogP contribution in [0.1, 0.15) is 18.4 Å². The van der Waals surface area contributed by atoms with Crippen LogP contribution in [0.2, 0.25) is 0 Å². The molecule has 0 unspecified atom stereocenters. The van der Waals surface area contributed by atoms with Crippen molar-refractivity contribution in [3.8, 4) is 56.3 Å². The van der Waals surface area contributed by atoms with Gasteiger partial charge in [-0.15, -0.1) is 0 Å². The molecule has 4 heteroatoms. The maximum absolute atomic E-state index is 5.05. The van der Waals surface area contributed by atoms with Gasteiger partial charge in [0, 0.05) is 22.4 Å². The van der Waals surface area contributed by atoms with Gasteiger partial charge in [0.1, 0.15) is 0 Å². The van der Waals surface area contributed by atoms with Crippen LogP contribution in [0.5, 0.6) is 0 Å². The Morgan fingerprint density at radius 1 is 0.500 bits per heavy atom. The highest BCUT2D eigenvalue weighted by Gasteiger charge is 2.15. The molecule has 0 atom stereocenters. The van der Waals surface area contributed by atoms with Crippen molar-refractivity contribution >= 4 is 16.3 Å². The summed E-state index contributed by atoms with van der Waals surface area (Å²) in [6, 6.07) is 46.4. The van der Waals surface area contributed by atoms with Crippen LogP contribution in [-0.4, -0.2) is 19.9 Å². The van der Waals surface area contributed by atoms with Crippen molar-refractivity contribution in [2.24, 2.45) is 0 Å². The highest BCUT2D eigenvalue weighted by Crippen LogP contribution is 2.35. The predicted molar refractivity (Wildman–Crippen MR) is 200 cm³/mol. The molecule has 0 N–H and O–H groups in total. The molecule has 4 nitrogen and oxygen atoms in total. The van der Waals surface area contributed by atoms with E-state index in [0.29, 0.717) is 17.5 Å². The lowest BCUT2D eigenvalue weighted by Gasteiger charge is -2.13. The molecule has 7 aromatic rings. The lowest BCUT2D eigenvalue weighted by atomic mass is 9.93. The van der Waals surface area contributed by atoms with E-state index in [1.807, 2.05) is 68.5 Å². The Bertz CT molecular complexity index is 2330. The van der Waals surface area contributed by atoms with Crippen molar-refractivity contribution in [2.45, 2.75) is 13.8 Å². The third-order valence-corrected chi connectivity index (χ3v) is 8.27. The Morgan fingerprint density at radius 3 is 1.90 bits per heavy atom. The number of benzene rings is 5. The normalized spacial score (nSPS) is 11.7. The summed E-state index contributed by atoms with van der Waals surface area (Å²) in [7, 11) is 0. The monoisotopic (exact) mass is 618 g/mol. The van der Waals surface area contributed by atoms with Crippen molar-refractivity contribution in [2.75, 3.05) is 0 Å². The number of fused-ring (bicyclic) bond motifs is 1. The number of allylic oxidation sites excluding steroid dienone is 5. The van der Waals surface area contributed by atoms with Gasteiger partial charge in [-0.3, -0.25) is 4.98 Å². The second-order valence-corrected chi connectivity index (χ2v) is 11.7. The Kier molecular flexibility index (Phi) is 8.62. The molecule has 48 heavy (non-hydrogen) atoms. The third kappa shape index (κ3) is 6.64. The zero-order valence-corrected chi connectivity index (χ0v) is 27.0. The van der Waals surface area contributed by atoms with Crippen LogP contribution in [0.3, 0.4) is 0 Å². The molecule has 0 aliphatic rings. The fraction of sp³-hybridized carbons (Fsp3) is 0.0455. The van der Waals surface area contributed by atoms with Crippen LogP contribution >= 0.6 is 0 Å². The third-order valence-electron chi connectivity index (χ3n) is 8.27. The molecule has 230 valence electrons. The average molecular weight is 619 g/mol. The van der Waals surface area contributed by atoms with Gasteiger partial charge in [0.05, 0.1) is 5.69 Å². The van der Waals surface area contributed by atoms with E-state index in [0.717, 1.165) is 55.9 Å². The van der Waals surface area contributed by atoms with Crippen LogP contribution in [0.15, 0.2) is 164 Å². The van der Waals surface area contributed by atoms with Gasteiger partial charge in [-0.25, -0.2) is 15.0 Å². The van der Waals surface area contributed by atoms with Crippen molar-refractivity contribution in [1.29, 1.82) is 0 Å². The lowest BCUT2D eigenvalue weighted by Crippen LogP contribution is -2.02. The standard InChI is InChI=1S/C44H34N4/c1-4-5-7-14-30(2)42-46-43(33-17-8-6-9-18-33)48-44(47-42)40-28-38(35-20-13-21-37(26-35)41-22-12-15-31(3)45-41)27-39(29-40)36-24-23-32-16-10-11-19-34(32)25-36/h4-29H,1H2,2-3H3/b7-5-,30-14+. The second-order valence-electron chi connectivity index (χ2n) is 11.7. The molecule has 0 aliphatic carbocycles. The number of aryl methyl sites for hydroxylation is 1. The number of hydrogen-bond acceptors (Lipinski definition) is 4. The first-order valence-corrected chi connectivity index (χ1v) is 16.0. The van der Waals surface area contributed by atoms with Crippen LogP contribution in [-0.2, 0) is 0 Å². The predicted octanol–water partition coefficient (Wildman–Crippen LogP) is 11.2. The molecule has 2 heterocycles. The zero-order valence-electron chi connectivity index (χ0n) is 27.0. The van der Waals surface area contributed by atoms with Gasteiger partial charge in [-0.2, -0.15) is 0 Å². The molecule has 0 fully saturated rings. The van der Waals surface area contributed by atoms with Crippen molar-refractivity contribution in [1.82, 2.24) is 19.9 Å². The summed E-state index contributed by atoms with van der Waals surface area (Å²) in [4.78, 5) is 19.8. The van der Waals surface area contributed by atoms with Crippen LogP contribution in [0, 0.1) is 6.92 Å². The first-order valence-electron chi connectivity index (χ1n) is 16.0. The fourth-order valence-electron chi connectivity index (χ4n) is 5.77. The van der Waals surface area contributed by atoms with Crippen LogP contribution in [0.4, 0.5) is 0 Å². The van der Waals surface area contributed by atoms with E-state index in [4.69, 9.17) is 19.9 Å². The molecule has 0 aliphatic heterocycles. The minimum Gasteiger partial charge on any atom is -0.253 e. The minimum absolute atomic E-state index is 0.611. The first-order chi connectivity index (χ1) is 23.5. The highest BCUT2D eigenvalue weighted by molar-refractivity contribution is 5.89. The molecular weight excluding hydrogens is 585 g/mol. The van der Waals surface area contributed by atoms with Gasteiger partial charge < -0.3 is 0 Å². The SMILES string of the molecule is C=C/C=C\C=C(/C)c1nc(-c2ccccc2)nc(-c2cc(-c3cccc(-c4cccc(C)n4)c3)cc(-c3ccc4ccccc4c3)c2)n1. The molecule has 0 spiro atoms. The molecule has 0 radical (unpaired) electrons. The Balaban J connectivity index is 1.44. The van der Waals surface area contributed by atoms with E-state index in [-0.39, 0.29) is 0 Å². The van der Waals surface area contributed by atoms with E-state index in [1.165, 1.54) is 10.8 Å². The van der Waals surface area contributed by atoms with Gasteiger partial charge in [0.15, 0.2) is 17.5 Å². The first kappa shape index (κ1) is 30.4. The summed E-state index contributed by atoms with van der Waals surface area (Å²) in [6.45, 7) is 7.82. The maximum atomic E-state index is 5.05. The zero-order chi connectivity index (χ0) is 32.9. The van der Waals surface area contributed by atoms with Crippen LogP contribution in [0.25, 0.3) is 72.6 Å². The maximum Gasteiger partial charge on any atom is 0.164 e. The van der Waals surface area contributed by atoms with Crippen molar-refractivity contribution in [3.05, 3.63) is 176 Å². The number of pyridine rings is 1. The van der Waals surface area contributed by atoms with Crippen LogP contribution < -0.4 is 0 Å². The number of aromatic nitrogens is 4. The second kappa shape index (κ2) is 13.6. The summed E-state index contributed by atoms with van der Waals surface area (Å²) in [6.07, 6.45) is 7.59. The minimum atomic E-state index is 0.611. The summed E-state index contributed by atoms with van der Waals surface area (Å²) in [5, 5.41) is 2.40. The molecule has 0 amide bonds. The fourth-order valence-corrected chi connectivity index (χ4v) is 5.77. The molecular formula is C44H34N4. The largest absolute Gasteiger partial charge is 0.253 e. The Morgan fingerprint density at radius 2 is 1.12 bits per heavy atom. The number of rotatable bonds is 8. The topological polar surface area (TPSA) is 51.6 Å². The molecule has 5 aromatic carbocycles. The summed E-state index contributed by atoms with van der Waals surface area (Å²) in [5.41, 5.74) is 10.1. The van der Waals surface area contributed by atoms with Crippen molar-refractivity contribution in [3.63, 3.8) is 0 Å². The molecule has 0 saturated heterocycles. The number of hydrogen-bond donors (Lipinski definition) is 0. The summed E-state index contributed by atoms with van der Waals surface area (Å²) < 4.78 is 0. The van der Waals surface area contributed by atoms with E-state index in [1.54, 1.807) is 6.08 Å². The van der Waals surface area contributed by atoms with Gasteiger partial charge in [-0.1, -0.05) is 122 Å². The molecule has 7 rings (SSSR count). The average Bonchev–Trinajstić information content (AvgIpc) is 3.14. The lowest BCUT2D eigenvalue weighted by molar-refractivity contribution is 1.03. The molecule has 0 saturated carbocycles. The van der Waals surface area contributed by atoms with Gasteiger partial charge in [-0.05, 0) is 94.9 Å². The van der Waals surface area contributed by atoms with E-state index in [2.05, 4.69) is 104 Å². The smallest absolute Gasteiger partial charge is 0.164 e. The quantitative estimate of drug-likeness (QED) is 0.159. The Labute approximate surface area is 281 Å². The van der Waals surface area contributed by atoms with Gasteiger partial charge in [0.2, 0.25) is 0 Å². The Hall–Kier alpha value is -6.26. The van der Waals surface area contributed by atoms with E-state index in [9.17, 15) is 0 Å². The number of nitrogens with zero attached hydrogens (tertiary/aromatic N) is 4.